The molecule has 3 aromatic carbocycles. The number of benzene rings is 3. The van der Waals surface area contributed by atoms with E-state index in [-0.39, 0.29) is 22.8 Å². The van der Waals surface area contributed by atoms with Crippen LogP contribution < -0.4 is 18.5 Å². The minimum atomic E-state index is -4.53. The molecule has 1 heterocycles. The smallest absolute Gasteiger partial charge is 0.416 e. The largest absolute Gasteiger partial charge is 0.497 e. The molecule has 1 aromatic heterocycles. The topological polar surface area (TPSA) is 56.7 Å². The summed E-state index contributed by atoms with van der Waals surface area (Å²) in [5.41, 5.74) is -0.0189. The summed E-state index contributed by atoms with van der Waals surface area (Å²) in [5, 5.41) is 0.438. The summed E-state index contributed by atoms with van der Waals surface area (Å²) in [6.45, 7) is 5.59. The second-order valence-electron chi connectivity index (χ2n) is 7.82. The summed E-state index contributed by atoms with van der Waals surface area (Å²) < 4.78 is 90.6. The van der Waals surface area contributed by atoms with E-state index in [4.69, 9.17) is 14.2 Å². The minimum Gasteiger partial charge on any atom is -0.497 e. The molecule has 0 N–H and O–H groups in total. The molecule has 0 saturated heterocycles. The van der Waals surface area contributed by atoms with Gasteiger partial charge in [-0.25, -0.2) is 13.8 Å². The van der Waals surface area contributed by atoms with Crippen LogP contribution >= 0.6 is 23.5 Å². The Morgan fingerprint density at radius 3 is 2.25 bits per heavy atom. The van der Waals surface area contributed by atoms with E-state index in [1.807, 2.05) is 13.8 Å². The fraction of sp³-hybridized carbons (Fsp3) is 0.259. The van der Waals surface area contributed by atoms with Crippen LogP contribution in [0.4, 0.5) is 27.1 Å². The van der Waals surface area contributed by atoms with Gasteiger partial charge in [0.2, 0.25) is 5.13 Å². The van der Waals surface area contributed by atoms with Gasteiger partial charge in [-0.2, -0.15) is 17.5 Å². The maximum absolute atomic E-state index is 15.1. The van der Waals surface area contributed by atoms with Crippen molar-refractivity contribution in [2.24, 2.45) is 0 Å². The Bertz CT molecular complexity index is 1420. The van der Waals surface area contributed by atoms with Crippen LogP contribution in [0.3, 0.4) is 0 Å². The van der Waals surface area contributed by atoms with Gasteiger partial charge < -0.3 is 14.2 Å². The Hall–Kier alpha value is -3.58. The van der Waals surface area contributed by atoms with Gasteiger partial charge in [-0.3, -0.25) is 4.31 Å². The van der Waals surface area contributed by atoms with Gasteiger partial charge in [-0.15, -0.1) is 0 Å². The number of aryl methyl sites for hydroxylation is 1. The van der Waals surface area contributed by atoms with Gasteiger partial charge in [0.15, 0.2) is 11.6 Å². The zero-order valence-electron chi connectivity index (χ0n) is 22.2. The Morgan fingerprint density at radius 1 is 0.900 bits per heavy atom. The Labute approximate surface area is 237 Å². The van der Waals surface area contributed by atoms with Gasteiger partial charge in [0.1, 0.15) is 29.4 Å². The van der Waals surface area contributed by atoms with Crippen molar-refractivity contribution in [1.29, 1.82) is 0 Å². The third-order valence-corrected chi connectivity index (χ3v) is 7.12. The number of methoxy groups -OCH3 is 2. The molecule has 0 atom stereocenters. The first-order valence-corrected chi connectivity index (χ1v) is 13.4. The van der Waals surface area contributed by atoms with Crippen molar-refractivity contribution in [3.8, 4) is 23.0 Å². The van der Waals surface area contributed by atoms with Gasteiger partial charge >= 0.3 is 6.18 Å². The van der Waals surface area contributed by atoms with Gasteiger partial charge in [-0.1, -0.05) is 13.8 Å². The number of nitrogens with zero attached hydrogens (tertiary/aromatic N) is 3. The standard InChI is InChI=1S/C25H20F5N3O3S2.C2H6/c1-14-8-16(25(28,29)30)5-7-20(14)36-22-10-19(27)23(11-18(22)26)38-33(24-31-13-32-37-24)12-15-4-6-17(34-2)9-21(15)35-3;1-2/h4-11,13H,12H2,1-3H3;1-2H3. The lowest BCUT2D eigenvalue weighted by Crippen LogP contribution is -2.15. The average Bonchev–Trinajstić information content (AvgIpc) is 3.48. The van der Waals surface area contributed by atoms with E-state index < -0.39 is 29.1 Å². The van der Waals surface area contributed by atoms with E-state index in [1.165, 1.54) is 27.5 Å². The van der Waals surface area contributed by atoms with E-state index in [0.717, 1.165) is 59.4 Å². The normalized spacial score (nSPS) is 10.9. The molecule has 0 radical (unpaired) electrons. The third kappa shape index (κ3) is 7.54. The molecule has 13 heteroatoms. The number of alkyl halides is 3. The zero-order chi connectivity index (χ0) is 29.4. The Kier molecular flexibility index (Phi) is 10.6. The monoisotopic (exact) mass is 599 g/mol. The van der Waals surface area contributed by atoms with Crippen molar-refractivity contribution >= 4 is 28.6 Å². The maximum atomic E-state index is 15.1. The molecule has 0 aliphatic rings. The molecular weight excluding hydrogens is 573 g/mol. The SMILES string of the molecule is CC.COc1ccc(CN(Sc2cc(F)c(Oc3ccc(C(F)(F)F)cc3C)cc2F)c2ncns2)c(OC)c1. The zero-order valence-corrected chi connectivity index (χ0v) is 23.8. The van der Waals surface area contributed by atoms with Gasteiger partial charge in [0.25, 0.3) is 0 Å². The second-order valence-corrected chi connectivity index (χ2v) is 9.64. The number of halogens is 5. The number of anilines is 1. The van der Waals surface area contributed by atoms with Crippen LogP contribution in [-0.2, 0) is 12.7 Å². The van der Waals surface area contributed by atoms with Crippen LogP contribution in [0.5, 0.6) is 23.0 Å². The number of hydrogen-bond donors (Lipinski definition) is 0. The summed E-state index contributed by atoms with van der Waals surface area (Å²) >= 11 is 1.96. The summed E-state index contributed by atoms with van der Waals surface area (Å²) in [6, 6.07) is 9.79. The maximum Gasteiger partial charge on any atom is 0.416 e. The first-order valence-electron chi connectivity index (χ1n) is 11.9. The highest BCUT2D eigenvalue weighted by Crippen LogP contribution is 2.39. The van der Waals surface area contributed by atoms with Crippen molar-refractivity contribution in [2.45, 2.75) is 38.4 Å². The third-order valence-electron chi connectivity index (χ3n) is 5.29. The van der Waals surface area contributed by atoms with E-state index in [9.17, 15) is 17.6 Å². The summed E-state index contributed by atoms with van der Waals surface area (Å²) in [7, 11) is 3.04. The molecule has 0 aliphatic carbocycles. The van der Waals surface area contributed by atoms with Crippen LogP contribution in [0, 0.1) is 18.6 Å². The first kappa shape index (κ1) is 31.0. The lowest BCUT2D eigenvalue weighted by molar-refractivity contribution is -0.137. The molecule has 6 nitrogen and oxygen atoms in total. The number of aromatic nitrogens is 2. The van der Waals surface area contributed by atoms with E-state index in [1.54, 1.807) is 22.5 Å². The van der Waals surface area contributed by atoms with Gasteiger partial charge in [0, 0.05) is 29.2 Å². The number of ether oxygens (including phenoxy) is 3. The van der Waals surface area contributed by atoms with Crippen LogP contribution in [0.2, 0.25) is 0 Å². The first-order chi connectivity index (χ1) is 19.1. The Morgan fingerprint density at radius 2 is 1.65 bits per heavy atom. The van der Waals surface area contributed by atoms with Gasteiger partial charge in [-0.05, 0) is 60.8 Å². The molecule has 40 heavy (non-hydrogen) atoms. The highest BCUT2D eigenvalue weighted by atomic mass is 32.2. The molecule has 214 valence electrons. The van der Waals surface area contributed by atoms with Crippen LogP contribution in [-0.4, -0.2) is 23.6 Å². The fourth-order valence-corrected chi connectivity index (χ4v) is 4.91. The summed E-state index contributed by atoms with van der Waals surface area (Å²) in [6.07, 6.45) is -3.19. The molecule has 0 fully saturated rings. The molecule has 0 spiro atoms. The minimum absolute atomic E-state index is 0.0289. The average molecular weight is 600 g/mol. The van der Waals surface area contributed by atoms with Crippen LogP contribution in [0.25, 0.3) is 0 Å². The summed E-state index contributed by atoms with van der Waals surface area (Å²) in [5.74, 6) is -1.07. The van der Waals surface area contributed by atoms with Crippen LogP contribution in [0.15, 0.2) is 59.8 Å². The molecule has 0 unspecified atom stereocenters. The van der Waals surface area contributed by atoms with E-state index >= 15 is 4.39 Å². The molecule has 0 amide bonds. The number of rotatable bonds is 9. The fourth-order valence-electron chi connectivity index (χ4n) is 3.39. The lowest BCUT2D eigenvalue weighted by atomic mass is 10.1. The van der Waals surface area contributed by atoms with Crippen molar-refractivity contribution in [1.82, 2.24) is 9.36 Å². The predicted octanol–water partition coefficient (Wildman–Crippen LogP) is 8.69. The molecule has 0 aliphatic heterocycles. The highest BCUT2D eigenvalue weighted by Gasteiger charge is 2.31. The van der Waals surface area contributed by atoms with Crippen LogP contribution in [0.1, 0.15) is 30.5 Å². The second kappa shape index (κ2) is 13.7. The molecule has 0 saturated carbocycles. The molecule has 4 rings (SSSR count). The molecular formula is C27H26F5N3O3S2. The molecule has 0 bridgehead atoms. The predicted molar refractivity (Wildman–Crippen MR) is 145 cm³/mol. The van der Waals surface area contributed by atoms with Crippen molar-refractivity contribution < 1.29 is 36.2 Å². The quantitative estimate of drug-likeness (QED) is 0.141. The van der Waals surface area contributed by atoms with E-state index in [0.29, 0.717) is 16.6 Å². The molecule has 4 aromatic rings. The lowest BCUT2D eigenvalue weighted by Gasteiger charge is -2.22. The van der Waals surface area contributed by atoms with Gasteiger partial charge in [0.05, 0.1) is 31.2 Å². The van der Waals surface area contributed by atoms with Crippen molar-refractivity contribution in [2.75, 3.05) is 18.5 Å². The Balaban J connectivity index is 0.00000216. The van der Waals surface area contributed by atoms with E-state index in [2.05, 4.69) is 9.36 Å². The van der Waals surface area contributed by atoms with Crippen molar-refractivity contribution in [3.63, 3.8) is 0 Å². The van der Waals surface area contributed by atoms with Crippen molar-refractivity contribution in [3.05, 3.63) is 83.2 Å². The summed E-state index contributed by atoms with van der Waals surface area (Å²) in [4.78, 5) is 4.12. The highest BCUT2D eigenvalue weighted by molar-refractivity contribution is 8.00. The number of hydrogen-bond acceptors (Lipinski definition) is 8.